The number of piperazine rings is 1. The zero-order valence-corrected chi connectivity index (χ0v) is 11.2. The molecule has 4 amide bonds. The number of anilines is 1. The number of methoxy groups -OCH3 is 1. The van der Waals surface area contributed by atoms with Crippen molar-refractivity contribution in [2.24, 2.45) is 0 Å². The van der Waals surface area contributed by atoms with Gasteiger partial charge < -0.3 is 15.0 Å². The minimum absolute atomic E-state index is 0.159. The topological polar surface area (TPSA) is 87.7 Å². The first-order valence-electron chi connectivity index (χ1n) is 6.07. The highest BCUT2D eigenvalue weighted by Gasteiger charge is 2.33. The van der Waals surface area contributed by atoms with Crippen LogP contribution >= 0.6 is 0 Å². The van der Waals surface area contributed by atoms with Gasteiger partial charge in [0, 0.05) is 0 Å². The molecule has 2 rings (SSSR count). The molecule has 1 aromatic rings. The van der Waals surface area contributed by atoms with Crippen LogP contribution < -0.4 is 15.4 Å². The molecule has 0 bridgehead atoms. The van der Waals surface area contributed by atoms with Gasteiger partial charge in [-0.25, -0.2) is 4.79 Å². The number of imide groups is 1. The molecule has 0 aromatic heterocycles. The van der Waals surface area contributed by atoms with Gasteiger partial charge in [0.1, 0.15) is 18.3 Å². The summed E-state index contributed by atoms with van der Waals surface area (Å²) in [7, 11) is 1.49. The van der Waals surface area contributed by atoms with Crippen molar-refractivity contribution in [1.29, 1.82) is 0 Å². The van der Waals surface area contributed by atoms with E-state index < -0.39 is 23.9 Å². The lowest BCUT2D eigenvalue weighted by Crippen LogP contribution is -2.59. The third kappa shape index (κ3) is 2.71. The smallest absolute Gasteiger partial charge is 0.323 e. The molecule has 7 heteroatoms. The molecule has 1 unspecified atom stereocenters. The van der Waals surface area contributed by atoms with E-state index in [1.54, 1.807) is 31.2 Å². The van der Waals surface area contributed by atoms with E-state index in [1.807, 2.05) is 0 Å². The third-order valence-electron chi connectivity index (χ3n) is 3.03. The molecule has 1 heterocycles. The van der Waals surface area contributed by atoms with Crippen LogP contribution in [0.25, 0.3) is 0 Å². The second-order valence-corrected chi connectivity index (χ2v) is 4.35. The van der Waals surface area contributed by atoms with Crippen LogP contribution in [0.5, 0.6) is 5.75 Å². The molecular weight excluding hydrogens is 262 g/mol. The Bertz CT molecular complexity index is 558. The molecule has 0 aliphatic carbocycles. The summed E-state index contributed by atoms with van der Waals surface area (Å²) >= 11 is 0. The molecule has 0 spiro atoms. The van der Waals surface area contributed by atoms with Crippen molar-refractivity contribution in [3.63, 3.8) is 0 Å². The van der Waals surface area contributed by atoms with Crippen LogP contribution in [-0.4, -0.2) is 42.4 Å². The summed E-state index contributed by atoms with van der Waals surface area (Å²) < 4.78 is 5.12. The molecule has 7 nitrogen and oxygen atoms in total. The molecule has 2 N–H and O–H groups in total. The molecule has 1 saturated heterocycles. The number of carbonyl (C=O) groups excluding carboxylic acids is 3. The molecule has 1 aliphatic rings. The van der Waals surface area contributed by atoms with Crippen molar-refractivity contribution in [3.05, 3.63) is 24.3 Å². The van der Waals surface area contributed by atoms with E-state index >= 15 is 0 Å². The van der Waals surface area contributed by atoms with Crippen molar-refractivity contribution >= 4 is 23.5 Å². The van der Waals surface area contributed by atoms with Crippen LogP contribution in [0.3, 0.4) is 0 Å². The van der Waals surface area contributed by atoms with Gasteiger partial charge in [-0.1, -0.05) is 12.1 Å². The average molecular weight is 277 g/mol. The van der Waals surface area contributed by atoms with Crippen LogP contribution in [0.4, 0.5) is 10.5 Å². The van der Waals surface area contributed by atoms with Crippen molar-refractivity contribution < 1.29 is 19.1 Å². The zero-order chi connectivity index (χ0) is 14.7. The number of nitrogens with zero attached hydrogens (tertiary/aromatic N) is 1. The molecule has 1 fully saturated rings. The Balaban J connectivity index is 2.15. The van der Waals surface area contributed by atoms with Gasteiger partial charge in [-0.2, -0.15) is 0 Å². The number of urea groups is 1. The van der Waals surface area contributed by atoms with Crippen molar-refractivity contribution in [1.82, 2.24) is 10.2 Å². The molecule has 0 saturated carbocycles. The first kappa shape index (κ1) is 13.9. The predicted octanol–water partition coefficient (Wildman–Crippen LogP) is 0.574. The zero-order valence-electron chi connectivity index (χ0n) is 11.2. The first-order chi connectivity index (χ1) is 9.52. The quantitative estimate of drug-likeness (QED) is 0.774. The maximum absolute atomic E-state index is 12.2. The van der Waals surface area contributed by atoms with Crippen LogP contribution in [-0.2, 0) is 9.59 Å². The monoisotopic (exact) mass is 277 g/mol. The maximum Gasteiger partial charge on any atom is 0.323 e. The summed E-state index contributed by atoms with van der Waals surface area (Å²) in [6, 6.07) is 5.66. The number of carbonyl (C=O) groups is 3. The summed E-state index contributed by atoms with van der Waals surface area (Å²) in [4.78, 5) is 36.2. The van der Waals surface area contributed by atoms with Gasteiger partial charge in [0.2, 0.25) is 11.8 Å². The summed E-state index contributed by atoms with van der Waals surface area (Å²) in [5.41, 5.74) is 0.477. The van der Waals surface area contributed by atoms with Gasteiger partial charge in [-0.05, 0) is 19.1 Å². The Morgan fingerprint density at radius 2 is 2.10 bits per heavy atom. The van der Waals surface area contributed by atoms with Gasteiger partial charge in [0.25, 0.3) is 0 Å². The fourth-order valence-corrected chi connectivity index (χ4v) is 1.90. The van der Waals surface area contributed by atoms with Crippen molar-refractivity contribution in [3.8, 4) is 5.75 Å². The molecule has 1 aromatic carbocycles. The molecule has 20 heavy (non-hydrogen) atoms. The fourth-order valence-electron chi connectivity index (χ4n) is 1.90. The molecule has 0 radical (unpaired) electrons. The van der Waals surface area contributed by atoms with E-state index in [0.29, 0.717) is 11.4 Å². The lowest BCUT2D eigenvalue weighted by molar-refractivity contribution is -0.137. The number of nitrogens with one attached hydrogen (secondary N) is 2. The number of rotatable bonds is 2. The van der Waals surface area contributed by atoms with Crippen molar-refractivity contribution in [2.45, 2.75) is 13.0 Å². The lowest BCUT2D eigenvalue weighted by Gasteiger charge is -2.31. The number of amides is 4. The Morgan fingerprint density at radius 1 is 1.40 bits per heavy atom. The number of benzene rings is 1. The van der Waals surface area contributed by atoms with Crippen LogP contribution in [0.2, 0.25) is 0 Å². The fraction of sp³-hybridized carbons (Fsp3) is 0.308. The highest BCUT2D eigenvalue weighted by Crippen LogP contribution is 2.23. The summed E-state index contributed by atoms with van der Waals surface area (Å²) in [6.45, 7) is 1.40. The Hall–Kier alpha value is -2.57. The van der Waals surface area contributed by atoms with E-state index in [1.165, 1.54) is 12.0 Å². The van der Waals surface area contributed by atoms with E-state index in [4.69, 9.17) is 4.74 Å². The maximum atomic E-state index is 12.2. The van der Waals surface area contributed by atoms with Gasteiger partial charge in [-0.15, -0.1) is 0 Å². The number of ether oxygens (including phenoxy) is 1. The average Bonchev–Trinajstić information content (AvgIpc) is 2.43. The summed E-state index contributed by atoms with van der Waals surface area (Å²) in [6.07, 6.45) is 0. The Kier molecular flexibility index (Phi) is 3.88. The van der Waals surface area contributed by atoms with Gasteiger partial charge in [-0.3, -0.25) is 14.9 Å². The number of hydrogen-bond donors (Lipinski definition) is 2. The molecule has 1 aliphatic heterocycles. The standard InChI is InChI=1S/C13H15N3O4/c1-8-12(18)15-11(17)7-16(8)13(19)14-9-5-3-4-6-10(9)20-2/h3-6,8H,7H2,1-2H3,(H,14,19)(H,15,17,18). The number of para-hydroxylation sites is 2. The van der Waals surface area contributed by atoms with E-state index in [9.17, 15) is 14.4 Å². The third-order valence-corrected chi connectivity index (χ3v) is 3.03. The largest absolute Gasteiger partial charge is 0.495 e. The van der Waals surface area contributed by atoms with Gasteiger partial charge >= 0.3 is 6.03 Å². The lowest BCUT2D eigenvalue weighted by atomic mass is 10.2. The van der Waals surface area contributed by atoms with Crippen LogP contribution in [0, 0.1) is 0 Å². The minimum Gasteiger partial charge on any atom is -0.495 e. The summed E-state index contributed by atoms with van der Waals surface area (Å²) in [5.74, 6) is -0.485. The van der Waals surface area contributed by atoms with Crippen LogP contribution in [0.1, 0.15) is 6.92 Å². The van der Waals surface area contributed by atoms with E-state index in [2.05, 4.69) is 10.6 Å². The molecule has 1 atom stereocenters. The minimum atomic E-state index is -0.706. The van der Waals surface area contributed by atoms with Gasteiger partial charge in [0.05, 0.1) is 12.8 Å². The molecule has 106 valence electrons. The van der Waals surface area contributed by atoms with E-state index in [-0.39, 0.29) is 6.54 Å². The first-order valence-corrected chi connectivity index (χ1v) is 6.07. The normalized spacial score (nSPS) is 18.5. The predicted molar refractivity (Wildman–Crippen MR) is 71.3 cm³/mol. The van der Waals surface area contributed by atoms with Gasteiger partial charge in [0.15, 0.2) is 0 Å². The SMILES string of the molecule is COc1ccccc1NC(=O)N1CC(=O)NC(=O)C1C. The van der Waals surface area contributed by atoms with E-state index in [0.717, 1.165) is 0 Å². The van der Waals surface area contributed by atoms with Crippen LogP contribution in [0.15, 0.2) is 24.3 Å². The number of hydrogen-bond acceptors (Lipinski definition) is 4. The second-order valence-electron chi connectivity index (χ2n) is 4.35. The van der Waals surface area contributed by atoms with Crippen molar-refractivity contribution in [2.75, 3.05) is 19.0 Å². The highest BCUT2D eigenvalue weighted by molar-refractivity contribution is 6.05. The summed E-state index contributed by atoms with van der Waals surface area (Å²) in [5, 5.41) is 4.81. The Labute approximate surface area is 115 Å². The Morgan fingerprint density at radius 3 is 2.80 bits per heavy atom. The molecular formula is C13H15N3O4. The second kappa shape index (κ2) is 5.60. The highest BCUT2D eigenvalue weighted by atomic mass is 16.5.